The van der Waals surface area contributed by atoms with Gasteiger partial charge >= 0.3 is 0 Å². The van der Waals surface area contributed by atoms with Crippen molar-refractivity contribution in [3.8, 4) is 5.75 Å². The molecule has 0 bridgehead atoms. The number of hydrogen-bond donors (Lipinski definition) is 2. The van der Waals surface area contributed by atoms with Gasteiger partial charge in [-0.05, 0) is 30.4 Å². The summed E-state index contributed by atoms with van der Waals surface area (Å²) in [5, 5.41) is 10.6. The number of para-hydroxylation sites is 1. The molecule has 0 fully saturated rings. The molecule has 156 valence electrons. The summed E-state index contributed by atoms with van der Waals surface area (Å²) in [4.78, 5) is 4.55. The second-order valence-electron chi connectivity index (χ2n) is 7.04. The van der Waals surface area contributed by atoms with Crippen molar-refractivity contribution in [3.63, 3.8) is 0 Å². The van der Waals surface area contributed by atoms with E-state index >= 15 is 0 Å². The van der Waals surface area contributed by atoms with Gasteiger partial charge in [0.05, 0.1) is 12.2 Å². The Bertz CT molecular complexity index is 729. The average Bonchev–Trinajstić information content (AvgIpc) is 3.12. The summed E-state index contributed by atoms with van der Waals surface area (Å²) in [6.07, 6.45) is 0. The second kappa shape index (κ2) is 12.6. The average molecular weight is 500 g/mol. The number of halogens is 1. The molecule has 2 N–H and O–H groups in total. The van der Waals surface area contributed by atoms with Crippen molar-refractivity contribution < 1.29 is 9.26 Å². The summed E-state index contributed by atoms with van der Waals surface area (Å²) in [6, 6.07) is 10.1. The first kappa shape index (κ1) is 24.3. The fraction of sp³-hybridized carbons (Fsp3) is 0.524. The molecule has 0 saturated carbocycles. The zero-order valence-corrected chi connectivity index (χ0v) is 19.8. The third-order valence-corrected chi connectivity index (χ3v) is 4.10. The molecule has 0 unspecified atom stereocenters. The van der Waals surface area contributed by atoms with Gasteiger partial charge < -0.3 is 19.9 Å². The van der Waals surface area contributed by atoms with E-state index in [1.54, 1.807) is 0 Å². The molecule has 0 radical (unpaired) electrons. The minimum atomic E-state index is 0. The van der Waals surface area contributed by atoms with Crippen LogP contribution in [0.2, 0.25) is 0 Å². The fourth-order valence-corrected chi connectivity index (χ4v) is 2.59. The molecule has 7 heteroatoms. The van der Waals surface area contributed by atoms with E-state index in [-0.39, 0.29) is 24.0 Å². The molecule has 1 aromatic heterocycles. The quantitative estimate of drug-likeness (QED) is 0.227. The lowest BCUT2D eigenvalue weighted by atomic mass is 10.0. The van der Waals surface area contributed by atoms with Gasteiger partial charge in [-0.2, -0.15) is 0 Å². The van der Waals surface area contributed by atoms with Crippen molar-refractivity contribution in [2.75, 3.05) is 19.7 Å². The van der Waals surface area contributed by atoms with E-state index in [1.165, 1.54) is 5.56 Å². The Morgan fingerprint density at radius 3 is 2.54 bits per heavy atom. The van der Waals surface area contributed by atoms with E-state index in [0.717, 1.165) is 29.7 Å². The van der Waals surface area contributed by atoms with Gasteiger partial charge in [0, 0.05) is 12.6 Å². The van der Waals surface area contributed by atoms with E-state index in [9.17, 15) is 0 Å². The van der Waals surface area contributed by atoms with Crippen LogP contribution >= 0.6 is 24.0 Å². The van der Waals surface area contributed by atoms with Crippen LogP contribution in [0, 0.1) is 0 Å². The van der Waals surface area contributed by atoms with Gasteiger partial charge in [-0.3, -0.25) is 0 Å². The van der Waals surface area contributed by atoms with Crippen LogP contribution in [0.1, 0.15) is 63.5 Å². The normalized spacial score (nSPS) is 11.5. The topological polar surface area (TPSA) is 71.7 Å². The lowest BCUT2D eigenvalue weighted by Gasteiger charge is -2.15. The van der Waals surface area contributed by atoms with Crippen LogP contribution in [0.15, 0.2) is 39.8 Å². The molecule has 2 rings (SSSR count). The zero-order valence-electron chi connectivity index (χ0n) is 17.5. The number of benzene rings is 1. The van der Waals surface area contributed by atoms with Crippen molar-refractivity contribution in [2.24, 2.45) is 4.99 Å². The predicted molar refractivity (Wildman–Crippen MR) is 125 cm³/mol. The second-order valence-corrected chi connectivity index (χ2v) is 7.04. The van der Waals surface area contributed by atoms with Crippen LogP contribution in [0.5, 0.6) is 5.75 Å². The fourth-order valence-electron chi connectivity index (χ4n) is 2.59. The number of nitrogens with one attached hydrogen (secondary N) is 2. The SMILES string of the molecule is CCNC(=NCc1cc(C(C)C)no1)NCCOc1ccccc1C(C)C.I. The van der Waals surface area contributed by atoms with Crippen LogP contribution in [0.3, 0.4) is 0 Å². The van der Waals surface area contributed by atoms with E-state index in [2.05, 4.69) is 54.5 Å². The third kappa shape index (κ3) is 7.69. The van der Waals surface area contributed by atoms with E-state index < -0.39 is 0 Å². The Labute approximate surface area is 185 Å². The van der Waals surface area contributed by atoms with Gasteiger partial charge in [-0.25, -0.2) is 4.99 Å². The molecule has 0 atom stereocenters. The summed E-state index contributed by atoms with van der Waals surface area (Å²) in [5.74, 6) is 3.23. The van der Waals surface area contributed by atoms with Crippen LogP contribution < -0.4 is 15.4 Å². The largest absolute Gasteiger partial charge is 0.491 e. The highest BCUT2D eigenvalue weighted by Gasteiger charge is 2.08. The number of nitrogens with zero attached hydrogens (tertiary/aromatic N) is 2. The Morgan fingerprint density at radius 2 is 1.89 bits per heavy atom. The molecule has 0 saturated heterocycles. The molecule has 6 nitrogen and oxygen atoms in total. The highest BCUT2D eigenvalue weighted by molar-refractivity contribution is 14.0. The Hall–Kier alpha value is -1.77. The van der Waals surface area contributed by atoms with Gasteiger partial charge in [-0.15, -0.1) is 24.0 Å². The molecular formula is C21H33IN4O2. The van der Waals surface area contributed by atoms with Crippen LogP contribution in [-0.4, -0.2) is 30.8 Å². The van der Waals surface area contributed by atoms with Crippen molar-refractivity contribution in [1.29, 1.82) is 0 Å². The highest BCUT2D eigenvalue weighted by atomic mass is 127. The first-order chi connectivity index (χ1) is 13.0. The lowest BCUT2D eigenvalue weighted by Crippen LogP contribution is -2.39. The Morgan fingerprint density at radius 1 is 1.14 bits per heavy atom. The van der Waals surface area contributed by atoms with Crippen molar-refractivity contribution in [3.05, 3.63) is 47.3 Å². The molecular weight excluding hydrogens is 467 g/mol. The molecule has 1 heterocycles. The summed E-state index contributed by atoms with van der Waals surface area (Å²) >= 11 is 0. The van der Waals surface area contributed by atoms with E-state index in [4.69, 9.17) is 9.26 Å². The van der Waals surface area contributed by atoms with Gasteiger partial charge in [0.1, 0.15) is 18.9 Å². The van der Waals surface area contributed by atoms with Crippen molar-refractivity contribution in [2.45, 2.75) is 53.0 Å². The lowest BCUT2D eigenvalue weighted by molar-refractivity contribution is 0.317. The minimum absolute atomic E-state index is 0. The molecule has 0 amide bonds. The van der Waals surface area contributed by atoms with E-state index in [1.807, 2.05) is 31.2 Å². The number of rotatable bonds is 9. The number of hydrogen-bond acceptors (Lipinski definition) is 4. The van der Waals surface area contributed by atoms with Gasteiger partial charge in [-0.1, -0.05) is 51.1 Å². The number of aliphatic imine (C=N–C) groups is 1. The molecule has 0 spiro atoms. The van der Waals surface area contributed by atoms with Gasteiger partial charge in [0.25, 0.3) is 0 Å². The molecule has 0 aliphatic carbocycles. The Balaban J connectivity index is 0.00000392. The van der Waals surface area contributed by atoms with Crippen LogP contribution in [-0.2, 0) is 6.54 Å². The molecule has 28 heavy (non-hydrogen) atoms. The summed E-state index contributed by atoms with van der Waals surface area (Å²) in [5.41, 5.74) is 2.18. The predicted octanol–water partition coefficient (Wildman–Crippen LogP) is 4.67. The first-order valence-electron chi connectivity index (χ1n) is 9.70. The molecule has 1 aromatic carbocycles. The Kier molecular flexibility index (Phi) is 11.0. The first-order valence-corrected chi connectivity index (χ1v) is 9.70. The van der Waals surface area contributed by atoms with Gasteiger partial charge in [0.15, 0.2) is 11.7 Å². The third-order valence-electron chi connectivity index (χ3n) is 4.10. The zero-order chi connectivity index (χ0) is 19.6. The number of ether oxygens (including phenoxy) is 1. The molecule has 2 aromatic rings. The molecule has 0 aliphatic heterocycles. The summed E-state index contributed by atoms with van der Waals surface area (Å²) in [7, 11) is 0. The highest BCUT2D eigenvalue weighted by Crippen LogP contribution is 2.25. The van der Waals surface area contributed by atoms with Crippen LogP contribution in [0.4, 0.5) is 0 Å². The smallest absolute Gasteiger partial charge is 0.191 e. The van der Waals surface area contributed by atoms with Crippen LogP contribution in [0.25, 0.3) is 0 Å². The van der Waals surface area contributed by atoms with Crippen molar-refractivity contribution in [1.82, 2.24) is 15.8 Å². The van der Waals surface area contributed by atoms with E-state index in [0.29, 0.717) is 31.5 Å². The summed E-state index contributed by atoms with van der Waals surface area (Å²) in [6.45, 7) is 13.0. The van der Waals surface area contributed by atoms with Gasteiger partial charge in [0.2, 0.25) is 0 Å². The maximum Gasteiger partial charge on any atom is 0.191 e. The standard InChI is InChI=1S/C21H32N4O2.HI/c1-6-22-21(24-14-17-13-19(16(4)5)25-27-17)23-11-12-26-20-10-8-7-9-18(20)15(2)3;/h7-10,13,15-16H,6,11-12,14H2,1-5H3,(H2,22,23,24);1H. The minimum Gasteiger partial charge on any atom is -0.491 e. The monoisotopic (exact) mass is 500 g/mol. The van der Waals surface area contributed by atoms with Crippen molar-refractivity contribution >= 4 is 29.9 Å². The molecule has 0 aliphatic rings. The number of aromatic nitrogens is 1. The number of guanidine groups is 1. The maximum atomic E-state index is 5.95. The summed E-state index contributed by atoms with van der Waals surface area (Å²) < 4.78 is 11.3. The maximum absolute atomic E-state index is 5.95.